The molecule has 164 valence electrons. The molecule has 1 atom stereocenters. The molecule has 2 heterocycles. The maximum absolute atomic E-state index is 12.9. The fraction of sp³-hybridized carbons (Fsp3) is 0.208. The van der Waals surface area contributed by atoms with Gasteiger partial charge < -0.3 is 19.5 Å². The first-order valence-electron chi connectivity index (χ1n) is 10.1. The fourth-order valence-electron chi connectivity index (χ4n) is 3.46. The molecule has 7 nitrogen and oxygen atoms in total. The number of aromatic nitrogens is 1. The predicted octanol–water partition coefficient (Wildman–Crippen LogP) is 4.91. The number of hydrogen-bond acceptors (Lipinski definition) is 5. The number of fused-ring (bicyclic) bond motifs is 1. The summed E-state index contributed by atoms with van der Waals surface area (Å²) in [5.74, 6) is 0.753. The third kappa shape index (κ3) is 4.53. The lowest BCUT2D eigenvalue weighted by Crippen LogP contribution is -2.44. The first-order valence-corrected chi connectivity index (χ1v) is 10.5. The molecule has 1 aliphatic heterocycles. The van der Waals surface area contributed by atoms with Crippen molar-refractivity contribution in [1.29, 1.82) is 0 Å². The van der Waals surface area contributed by atoms with E-state index in [2.05, 4.69) is 10.5 Å². The van der Waals surface area contributed by atoms with Gasteiger partial charge in [-0.1, -0.05) is 28.9 Å². The van der Waals surface area contributed by atoms with Gasteiger partial charge in [-0.2, -0.15) is 0 Å². The molecule has 0 aliphatic carbocycles. The van der Waals surface area contributed by atoms with E-state index in [4.69, 9.17) is 20.9 Å². The standard InChI is InChI=1S/C24H22ClN3O4/c1-14-20(15(2)32-27-14)13-28-21-12-19(9-10-22(21)31-16(3)24(28)30)26-23(29)11-6-17-4-7-18(25)8-5-17/h4-12,16H,13H2,1-3H3,(H,26,29)/b11-6+. The lowest BCUT2D eigenvalue weighted by Gasteiger charge is -2.33. The maximum Gasteiger partial charge on any atom is 0.268 e. The minimum absolute atomic E-state index is 0.177. The Morgan fingerprint density at radius 3 is 2.66 bits per heavy atom. The summed E-state index contributed by atoms with van der Waals surface area (Å²) >= 11 is 5.88. The van der Waals surface area contributed by atoms with E-state index in [0.29, 0.717) is 34.5 Å². The number of amides is 2. The second-order valence-electron chi connectivity index (χ2n) is 7.54. The van der Waals surface area contributed by atoms with E-state index >= 15 is 0 Å². The zero-order valence-electron chi connectivity index (χ0n) is 17.9. The van der Waals surface area contributed by atoms with Crippen molar-refractivity contribution in [2.45, 2.75) is 33.4 Å². The average molecular weight is 452 g/mol. The molecule has 1 aromatic heterocycles. The van der Waals surface area contributed by atoms with Crippen LogP contribution in [0.4, 0.5) is 11.4 Å². The summed E-state index contributed by atoms with van der Waals surface area (Å²) in [5, 5.41) is 7.43. The van der Waals surface area contributed by atoms with E-state index in [9.17, 15) is 9.59 Å². The molecule has 0 saturated heterocycles. The van der Waals surface area contributed by atoms with Crippen molar-refractivity contribution >= 4 is 40.9 Å². The van der Waals surface area contributed by atoms with Crippen LogP contribution < -0.4 is 15.0 Å². The molecule has 1 unspecified atom stereocenters. The number of anilines is 2. The molecule has 8 heteroatoms. The third-order valence-corrected chi connectivity index (χ3v) is 5.48. The molecule has 1 N–H and O–H groups in total. The van der Waals surface area contributed by atoms with Crippen LogP contribution in [0.2, 0.25) is 5.02 Å². The number of carbonyl (C=O) groups excluding carboxylic acids is 2. The number of carbonyl (C=O) groups is 2. The quantitative estimate of drug-likeness (QED) is 0.557. The summed E-state index contributed by atoms with van der Waals surface area (Å²) < 4.78 is 11.0. The van der Waals surface area contributed by atoms with Gasteiger partial charge in [-0.25, -0.2) is 0 Å². The number of halogens is 1. The summed E-state index contributed by atoms with van der Waals surface area (Å²) in [6, 6.07) is 12.4. The minimum atomic E-state index is -0.620. The van der Waals surface area contributed by atoms with Crippen molar-refractivity contribution in [3.8, 4) is 5.75 Å². The number of benzene rings is 2. The minimum Gasteiger partial charge on any atom is -0.479 e. The van der Waals surface area contributed by atoms with Gasteiger partial charge in [0.2, 0.25) is 5.91 Å². The molecular weight excluding hydrogens is 430 g/mol. The Hall–Kier alpha value is -3.58. The van der Waals surface area contributed by atoms with Crippen LogP contribution in [-0.4, -0.2) is 23.1 Å². The van der Waals surface area contributed by atoms with Crippen molar-refractivity contribution in [2.24, 2.45) is 0 Å². The maximum atomic E-state index is 12.9. The normalized spacial score (nSPS) is 15.6. The Morgan fingerprint density at radius 1 is 1.22 bits per heavy atom. The highest BCUT2D eigenvalue weighted by Crippen LogP contribution is 2.37. The molecule has 4 rings (SSSR count). The molecule has 0 radical (unpaired) electrons. The number of ether oxygens (including phenoxy) is 1. The van der Waals surface area contributed by atoms with Crippen LogP contribution in [0.5, 0.6) is 5.75 Å². The first kappa shape index (κ1) is 21.6. The van der Waals surface area contributed by atoms with Gasteiger partial charge in [0.05, 0.1) is 17.9 Å². The number of aryl methyl sites for hydroxylation is 2. The summed E-state index contributed by atoms with van der Waals surface area (Å²) in [6.07, 6.45) is 2.52. The second kappa shape index (κ2) is 8.88. The smallest absolute Gasteiger partial charge is 0.268 e. The molecule has 32 heavy (non-hydrogen) atoms. The van der Waals surface area contributed by atoms with Crippen molar-refractivity contribution < 1.29 is 18.8 Å². The molecule has 3 aromatic rings. The van der Waals surface area contributed by atoms with Crippen molar-refractivity contribution in [3.05, 3.63) is 76.1 Å². The van der Waals surface area contributed by atoms with E-state index in [1.165, 1.54) is 6.08 Å². The molecule has 0 bridgehead atoms. The summed E-state index contributed by atoms with van der Waals surface area (Å²) in [7, 11) is 0. The van der Waals surface area contributed by atoms with Crippen LogP contribution in [0.15, 0.2) is 53.1 Å². The van der Waals surface area contributed by atoms with E-state index in [0.717, 1.165) is 16.8 Å². The molecule has 2 aromatic carbocycles. The Labute approximate surface area is 190 Å². The van der Waals surface area contributed by atoms with Crippen molar-refractivity contribution in [3.63, 3.8) is 0 Å². The van der Waals surface area contributed by atoms with Gasteiger partial charge in [-0.05, 0) is 62.7 Å². The third-order valence-electron chi connectivity index (χ3n) is 5.23. The highest BCUT2D eigenvalue weighted by atomic mass is 35.5. The van der Waals surface area contributed by atoms with Crippen LogP contribution in [0.3, 0.4) is 0 Å². The lowest BCUT2D eigenvalue weighted by atomic mass is 10.1. The van der Waals surface area contributed by atoms with Gasteiger partial charge in [-0.3, -0.25) is 9.59 Å². The van der Waals surface area contributed by atoms with Gasteiger partial charge in [0.25, 0.3) is 5.91 Å². The zero-order valence-corrected chi connectivity index (χ0v) is 18.6. The number of nitrogens with one attached hydrogen (secondary N) is 1. The monoisotopic (exact) mass is 451 g/mol. The molecule has 0 spiro atoms. The number of rotatable bonds is 5. The highest BCUT2D eigenvalue weighted by Gasteiger charge is 2.33. The van der Waals surface area contributed by atoms with Gasteiger partial charge in [0, 0.05) is 22.3 Å². The van der Waals surface area contributed by atoms with Crippen LogP contribution >= 0.6 is 11.6 Å². The Morgan fingerprint density at radius 2 is 1.97 bits per heavy atom. The molecular formula is C24H22ClN3O4. The van der Waals surface area contributed by atoms with Gasteiger partial charge >= 0.3 is 0 Å². The summed E-state index contributed by atoms with van der Waals surface area (Å²) in [4.78, 5) is 26.9. The highest BCUT2D eigenvalue weighted by molar-refractivity contribution is 6.30. The summed E-state index contributed by atoms with van der Waals surface area (Å²) in [6.45, 7) is 5.66. The number of hydrogen-bond donors (Lipinski definition) is 1. The second-order valence-corrected chi connectivity index (χ2v) is 7.98. The lowest BCUT2D eigenvalue weighted by molar-refractivity contribution is -0.125. The topological polar surface area (TPSA) is 84.7 Å². The number of nitrogens with zero attached hydrogens (tertiary/aromatic N) is 2. The van der Waals surface area contributed by atoms with Gasteiger partial charge in [0.1, 0.15) is 11.5 Å². The van der Waals surface area contributed by atoms with Crippen LogP contribution in [0.1, 0.15) is 29.5 Å². The predicted molar refractivity (Wildman–Crippen MR) is 123 cm³/mol. The van der Waals surface area contributed by atoms with E-state index in [1.54, 1.807) is 48.2 Å². The molecule has 0 saturated carbocycles. The van der Waals surface area contributed by atoms with Crippen LogP contribution in [-0.2, 0) is 16.1 Å². The summed E-state index contributed by atoms with van der Waals surface area (Å²) in [5.41, 5.74) is 3.55. The van der Waals surface area contributed by atoms with Crippen LogP contribution in [0, 0.1) is 13.8 Å². The van der Waals surface area contributed by atoms with E-state index in [-0.39, 0.29) is 11.8 Å². The van der Waals surface area contributed by atoms with E-state index in [1.807, 2.05) is 26.0 Å². The molecule has 2 amide bonds. The van der Waals surface area contributed by atoms with Crippen LogP contribution in [0.25, 0.3) is 6.08 Å². The van der Waals surface area contributed by atoms with E-state index < -0.39 is 6.10 Å². The van der Waals surface area contributed by atoms with Crippen molar-refractivity contribution in [1.82, 2.24) is 5.16 Å². The Bertz CT molecular complexity index is 1180. The average Bonchev–Trinajstić information content (AvgIpc) is 3.08. The van der Waals surface area contributed by atoms with Crippen molar-refractivity contribution in [2.75, 3.05) is 10.2 Å². The molecule has 1 aliphatic rings. The van der Waals surface area contributed by atoms with Gasteiger partial charge in [0.15, 0.2) is 6.10 Å². The largest absolute Gasteiger partial charge is 0.479 e. The first-order chi connectivity index (χ1) is 15.3. The zero-order chi connectivity index (χ0) is 22.8. The fourth-order valence-corrected chi connectivity index (χ4v) is 3.59. The Kier molecular flexibility index (Phi) is 6.01. The Balaban J connectivity index is 1.56. The van der Waals surface area contributed by atoms with Gasteiger partial charge in [-0.15, -0.1) is 0 Å². The SMILES string of the molecule is Cc1noc(C)c1CN1C(=O)C(C)Oc2ccc(NC(=O)/C=C/c3ccc(Cl)cc3)cc21. The molecule has 0 fully saturated rings.